The number of nitrogens with one attached hydrogen (secondary N) is 2. The number of aryl methyl sites for hydroxylation is 1. The number of rotatable bonds is 3. The molecule has 0 radical (unpaired) electrons. The minimum atomic E-state index is -4.49. The van der Waals surface area contributed by atoms with E-state index in [0.29, 0.717) is 28.1 Å². The van der Waals surface area contributed by atoms with Gasteiger partial charge in [0.1, 0.15) is 5.82 Å². The van der Waals surface area contributed by atoms with E-state index < -0.39 is 17.6 Å². The number of fused-ring (bicyclic) bond motifs is 1. The normalized spacial score (nSPS) is 11.8. The van der Waals surface area contributed by atoms with Gasteiger partial charge in [0, 0.05) is 22.3 Å². The lowest BCUT2D eigenvalue weighted by Crippen LogP contribution is -2.07. The largest absolute Gasteiger partial charge is 0.417 e. The smallest absolute Gasteiger partial charge is 0.338 e. The summed E-state index contributed by atoms with van der Waals surface area (Å²) in [6.45, 7) is 1.69. The van der Waals surface area contributed by atoms with Crippen LogP contribution in [0.15, 0.2) is 54.6 Å². The van der Waals surface area contributed by atoms with Gasteiger partial charge in [-0.15, -0.1) is 0 Å². The second-order valence-corrected chi connectivity index (χ2v) is 6.31. The van der Waals surface area contributed by atoms with Crippen LogP contribution < -0.4 is 5.32 Å². The van der Waals surface area contributed by atoms with Crippen molar-refractivity contribution in [3.05, 3.63) is 71.7 Å². The fourth-order valence-electron chi connectivity index (χ4n) is 3.05. The maximum Gasteiger partial charge on any atom is 0.417 e. The van der Waals surface area contributed by atoms with Crippen LogP contribution in [-0.2, 0) is 6.18 Å². The Morgan fingerprint density at radius 1 is 1.00 bits per heavy atom. The van der Waals surface area contributed by atoms with Crippen molar-refractivity contribution in [1.82, 2.24) is 15.2 Å². The molecule has 0 saturated heterocycles. The van der Waals surface area contributed by atoms with Crippen molar-refractivity contribution in [2.24, 2.45) is 0 Å². The summed E-state index contributed by atoms with van der Waals surface area (Å²) in [5, 5.41) is 10.5. The summed E-state index contributed by atoms with van der Waals surface area (Å²) in [6, 6.07) is 12.7. The maximum atomic E-state index is 13.6. The van der Waals surface area contributed by atoms with Gasteiger partial charge in [-0.2, -0.15) is 18.3 Å². The highest BCUT2D eigenvalue weighted by molar-refractivity contribution is 5.91. The number of H-pyrrole nitrogens is 1. The van der Waals surface area contributed by atoms with Crippen LogP contribution >= 0.6 is 0 Å². The molecule has 2 heterocycles. The lowest BCUT2D eigenvalue weighted by Gasteiger charge is -2.14. The Bertz CT molecular complexity index is 1160. The number of aromatic amines is 1. The molecule has 0 unspecified atom stereocenters. The molecule has 4 aromatic rings. The fraction of sp³-hybridized carbons (Fsp3) is 0.100. The summed E-state index contributed by atoms with van der Waals surface area (Å²) in [5.41, 5.74) is 1.07. The molecule has 0 bridgehead atoms. The Labute approximate surface area is 157 Å². The van der Waals surface area contributed by atoms with Crippen molar-refractivity contribution in [2.75, 3.05) is 5.32 Å². The van der Waals surface area contributed by atoms with Crippen LogP contribution in [-0.4, -0.2) is 15.2 Å². The third-order valence-electron chi connectivity index (χ3n) is 4.25. The van der Waals surface area contributed by atoms with Gasteiger partial charge in [0.2, 0.25) is 0 Å². The zero-order valence-corrected chi connectivity index (χ0v) is 14.6. The zero-order chi connectivity index (χ0) is 19.9. The Kier molecular flexibility index (Phi) is 4.26. The van der Waals surface area contributed by atoms with E-state index >= 15 is 0 Å². The lowest BCUT2D eigenvalue weighted by molar-refractivity contribution is -0.137. The molecule has 2 aromatic heterocycles. The highest BCUT2D eigenvalue weighted by Gasteiger charge is 2.33. The van der Waals surface area contributed by atoms with Crippen molar-refractivity contribution < 1.29 is 17.6 Å². The number of aromatic nitrogens is 3. The number of hydrogen-bond donors (Lipinski definition) is 2. The van der Waals surface area contributed by atoms with E-state index in [1.165, 1.54) is 36.4 Å². The average molecular weight is 386 g/mol. The van der Waals surface area contributed by atoms with Crippen LogP contribution in [0.3, 0.4) is 0 Å². The van der Waals surface area contributed by atoms with Crippen LogP contribution in [0, 0.1) is 12.7 Å². The molecule has 0 saturated carbocycles. The van der Waals surface area contributed by atoms with Crippen LogP contribution in [0.1, 0.15) is 11.3 Å². The number of benzene rings is 2. The Morgan fingerprint density at radius 2 is 1.79 bits per heavy atom. The van der Waals surface area contributed by atoms with E-state index in [4.69, 9.17) is 0 Å². The van der Waals surface area contributed by atoms with E-state index in [2.05, 4.69) is 20.5 Å². The number of halogens is 4. The number of hydrogen-bond acceptors (Lipinski definition) is 3. The van der Waals surface area contributed by atoms with Gasteiger partial charge in [-0.1, -0.05) is 18.2 Å². The van der Waals surface area contributed by atoms with Crippen molar-refractivity contribution in [3.63, 3.8) is 0 Å². The molecule has 0 aliphatic carbocycles. The fourth-order valence-corrected chi connectivity index (χ4v) is 3.05. The van der Waals surface area contributed by atoms with E-state index in [1.807, 2.05) is 0 Å². The predicted molar refractivity (Wildman–Crippen MR) is 98.7 cm³/mol. The molecular formula is C20H14F4N4. The van der Waals surface area contributed by atoms with Gasteiger partial charge in [-0.25, -0.2) is 4.39 Å². The molecular weight excluding hydrogens is 372 g/mol. The molecule has 0 amide bonds. The van der Waals surface area contributed by atoms with Gasteiger partial charge in [0.05, 0.1) is 16.8 Å². The third kappa shape index (κ3) is 3.40. The van der Waals surface area contributed by atoms with E-state index in [9.17, 15) is 17.6 Å². The van der Waals surface area contributed by atoms with Gasteiger partial charge in [0.25, 0.3) is 0 Å². The number of alkyl halides is 3. The van der Waals surface area contributed by atoms with E-state index in [-0.39, 0.29) is 11.3 Å². The average Bonchev–Trinajstić information content (AvgIpc) is 3.02. The van der Waals surface area contributed by atoms with Gasteiger partial charge >= 0.3 is 6.18 Å². The summed E-state index contributed by atoms with van der Waals surface area (Å²) in [4.78, 5) is 4.26. The quantitative estimate of drug-likeness (QED) is 0.435. The molecule has 2 N–H and O–H groups in total. The molecule has 0 aliphatic heterocycles. The van der Waals surface area contributed by atoms with Crippen molar-refractivity contribution in [3.8, 4) is 11.3 Å². The zero-order valence-electron chi connectivity index (χ0n) is 14.6. The highest BCUT2D eigenvalue weighted by Crippen LogP contribution is 2.37. The van der Waals surface area contributed by atoms with Gasteiger partial charge in [-0.05, 0) is 43.3 Å². The maximum absolute atomic E-state index is 13.6. The Balaban J connectivity index is 1.77. The molecule has 4 rings (SSSR count). The van der Waals surface area contributed by atoms with E-state index in [0.717, 1.165) is 6.07 Å². The molecule has 2 aromatic carbocycles. The molecule has 0 spiro atoms. The lowest BCUT2D eigenvalue weighted by atomic mass is 10.0. The van der Waals surface area contributed by atoms with Gasteiger partial charge in [-0.3, -0.25) is 10.1 Å². The predicted octanol–water partition coefficient (Wildman–Crippen LogP) is 5.83. The highest BCUT2D eigenvalue weighted by atomic mass is 19.4. The first-order valence-electron chi connectivity index (χ1n) is 8.37. The third-order valence-corrected chi connectivity index (χ3v) is 4.25. The second kappa shape index (κ2) is 6.63. The van der Waals surface area contributed by atoms with Crippen LogP contribution in [0.2, 0.25) is 0 Å². The van der Waals surface area contributed by atoms with Crippen LogP contribution in [0.5, 0.6) is 0 Å². The summed E-state index contributed by atoms with van der Waals surface area (Å²) in [7, 11) is 0. The number of anilines is 2. The Hall–Kier alpha value is -3.42. The molecule has 28 heavy (non-hydrogen) atoms. The molecule has 0 atom stereocenters. The Morgan fingerprint density at radius 3 is 2.57 bits per heavy atom. The van der Waals surface area contributed by atoms with Crippen molar-refractivity contribution in [1.29, 1.82) is 0 Å². The summed E-state index contributed by atoms with van der Waals surface area (Å²) < 4.78 is 53.6. The summed E-state index contributed by atoms with van der Waals surface area (Å²) in [5.74, 6) is -0.0437. The standard InChI is InChI=1S/C20H14F4N4/c1-11-8-13(26-19-15-9-12(21)6-7-17(15)27-28-19)10-18(25-11)14-4-2-3-5-16(14)20(22,23)24/h2-10H,1H3,(H2,25,26,27,28). The SMILES string of the molecule is Cc1cc(Nc2n[nH]c3ccc(F)cc23)cc(-c2ccccc2C(F)(F)F)n1. The summed E-state index contributed by atoms with van der Waals surface area (Å²) >= 11 is 0. The molecule has 4 nitrogen and oxygen atoms in total. The van der Waals surface area contributed by atoms with Crippen LogP contribution in [0.25, 0.3) is 22.2 Å². The molecule has 0 fully saturated rings. The van der Waals surface area contributed by atoms with Gasteiger partial charge < -0.3 is 5.32 Å². The minimum absolute atomic E-state index is 0.0142. The molecule has 0 aliphatic rings. The van der Waals surface area contributed by atoms with Gasteiger partial charge in [0.15, 0.2) is 5.82 Å². The topological polar surface area (TPSA) is 53.6 Å². The molecule has 8 heteroatoms. The first-order chi connectivity index (χ1) is 13.3. The van der Waals surface area contributed by atoms with Crippen molar-refractivity contribution in [2.45, 2.75) is 13.1 Å². The molecule has 142 valence electrons. The first-order valence-corrected chi connectivity index (χ1v) is 8.37. The van der Waals surface area contributed by atoms with E-state index in [1.54, 1.807) is 19.1 Å². The minimum Gasteiger partial charge on any atom is -0.338 e. The van der Waals surface area contributed by atoms with Crippen LogP contribution in [0.4, 0.5) is 29.1 Å². The number of nitrogens with zero attached hydrogens (tertiary/aromatic N) is 2. The monoisotopic (exact) mass is 386 g/mol. The first kappa shape index (κ1) is 18.0. The second-order valence-electron chi connectivity index (χ2n) is 6.31. The number of pyridine rings is 1. The summed E-state index contributed by atoms with van der Waals surface area (Å²) in [6.07, 6.45) is -4.49. The van der Waals surface area contributed by atoms with Crippen molar-refractivity contribution >= 4 is 22.4 Å².